The zero-order valence-corrected chi connectivity index (χ0v) is 7.93. The summed E-state index contributed by atoms with van der Waals surface area (Å²) >= 11 is 0. The highest BCUT2D eigenvalue weighted by atomic mass is 35.5. The molecule has 0 spiro atoms. The van der Waals surface area contributed by atoms with Crippen molar-refractivity contribution in [2.45, 2.75) is 0 Å². The molecule has 0 aliphatic rings. The van der Waals surface area contributed by atoms with E-state index in [2.05, 4.69) is 4.98 Å². The van der Waals surface area contributed by atoms with Crippen molar-refractivity contribution in [3.05, 3.63) is 33.3 Å². The van der Waals surface area contributed by atoms with E-state index >= 15 is 0 Å². The van der Waals surface area contributed by atoms with E-state index in [9.17, 15) is 10.1 Å². The van der Waals surface area contributed by atoms with E-state index in [1.54, 1.807) is 0 Å². The fourth-order valence-corrected chi connectivity index (χ4v) is 0.862. The third-order valence-electron chi connectivity index (χ3n) is 1.48. The summed E-state index contributed by atoms with van der Waals surface area (Å²) in [4.78, 5) is 12.7. The Kier molecular flexibility index (Phi) is 4.32. The molecule has 0 N–H and O–H groups in total. The maximum Gasteiger partial charge on any atom is 0.426 e. The van der Waals surface area contributed by atoms with E-state index in [0.29, 0.717) is 0 Å². The van der Waals surface area contributed by atoms with E-state index in [1.165, 1.54) is 25.3 Å². The molecule has 0 saturated carbocycles. The van der Waals surface area contributed by atoms with Crippen LogP contribution in [0.15, 0.2) is 18.2 Å². The largest absolute Gasteiger partial charge is 1.00 e. The molecule has 0 atom stereocenters. The molecule has 0 saturated heterocycles. The van der Waals surface area contributed by atoms with Crippen molar-refractivity contribution >= 4 is 11.4 Å². The number of nitrogens with zero attached hydrogens (tertiary/aromatic N) is 3. The van der Waals surface area contributed by atoms with Crippen LogP contribution in [0.4, 0.5) is 11.4 Å². The molecule has 0 bridgehead atoms. The van der Waals surface area contributed by atoms with Crippen LogP contribution in [0.2, 0.25) is 0 Å². The Hall–Kier alpha value is -1.87. The van der Waals surface area contributed by atoms with Gasteiger partial charge in [0, 0.05) is 12.1 Å². The summed E-state index contributed by atoms with van der Waals surface area (Å²) in [6, 6.07) is 3.73. The fourth-order valence-electron chi connectivity index (χ4n) is 0.862. The number of methoxy groups -OCH3 is 1. The minimum absolute atomic E-state index is 0. The topological polar surface area (TPSA) is 80.5 Å². The third kappa shape index (κ3) is 2.31. The quantitative estimate of drug-likeness (QED) is 0.364. The maximum atomic E-state index is 10.3. The molecule has 1 rings (SSSR count). The van der Waals surface area contributed by atoms with Gasteiger partial charge >= 0.3 is 5.69 Å². The molecular weight excluding hydrogens is 210 g/mol. The zero-order chi connectivity index (χ0) is 9.84. The van der Waals surface area contributed by atoms with E-state index in [0.717, 1.165) is 0 Å². The van der Waals surface area contributed by atoms with Crippen molar-refractivity contribution in [3.63, 3.8) is 0 Å². The third-order valence-corrected chi connectivity index (χ3v) is 1.48. The highest BCUT2D eigenvalue weighted by molar-refractivity contribution is 5.60. The molecule has 0 heterocycles. The van der Waals surface area contributed by atoms with Gasteiger partial charge in [0.2, 0.25) is 11.1 Å². The zero-order valence-electron chi connectivity index (χ0n) is 7.18. The average Bonchev–Trinajstić information content (AvgIpc) is 2.16. The van der Waals surface area contributed by atoms with Crippen LogP contribution in [-0.4, -0.2) is 12.0 Å². The van der Waals surface area contributed by atoms with E-state index in [-0.39, 0.29) is 29.5 Å². The molecule has 0 amide bonds. The minimum atomic E-state index is -0.552. The molecule has 0 aliphatic heterocycles. The Morgan fingerprint density at radius 2 is 2.21 bits per heavy atom. The van der Waals surface area contributed by atoms with Gasteiger partial charge in [-0.2, -0.15) is 0 Å². The summed E-state index contributed by atoms with van der Waals surface area (Å²) in [5.74, 6) is 0.164. The van der Waals surface area contributed by atoms with E-state index < -0.39 is 4.92 Å². The summed E-state index contributed by atoms with van der Waals surface area (Å²) in [7, 11) is 1.34. The SMILES string of the molecule is COc1cc([N+](=O)[O-])ccc1[N+]#N.[Cl-]. The number of diazo groups is 1. The standard InChI is InChI=1S/C7H6N3O3.ClH/c1-13-7-4-5(10(11)12)2-3-6(7)9-8;/h2-4H,1H3;1H/q+1;/p-1. The lowest BCUT2D eigenvalue weighted by Gasteiger charge is -1.94. The maximum absolute atomic E-state index is 10.3. The Balaban J connectivity index is 0.00000169. The summed E-state index contributed by atoms with van der Waals surface area (Å²) < 4.78 is 4.77. The molecule has 74 valence electrons. The van der Waals surface area contributed by atoms with Crippen LogP contribution in [0, 0.1) is 15.5 Å². The van der Waals surface area contributed by atoms with Gasteiger partial charge in [-0.3, -0.25) is 10.1 Å². The number of benzene rings is 1. The van der Waals surface area contributed by atoms with Gasteiger partial charge in [0.05, 0.1) is 18.1 Å². The highest BCUT2D eigenvalue weighted by Crippen LogP contribution is 2.30. The van der Waals surface area contributed by atoms with Crippen molar-refractivity contribution in [1.29, 1.82) is 5.39 Å². The van der Waals surface area contributed by atoms with Gasteiger partial charge in [-0.05, 0) is 0 Å². The Morgan fingerprint density at radius 3 is 2.64 bits per heavy atom. The van der Waals surface area contributed by atoms with Crippen LogP contribution in [0.3, 0.4) is 0 Å². The van der Waals surface area contributed by atoms with Gasteiger partial charge in [-0.15, -0.1) is 0 Å². The molecule has 0 aromatic heterocycles. The smallest absolute Gasteiger partial charge is 0.426 e. The van der Waals surface area contributed by atoms with Crippen LogP contribution in [-0.2, 0) is 0 Å². The van der Waals surface area contributed by atoms with E-state index in [4.69, 9.17) is 10.1 Å². The lowest BCUT2D eigenvalue weighted by Crippen LogP contribution is -3.00. The lowest BCUT2D eigenvalue weighted by atomic mass is 10.2. The second-order valence-electron chi connectivity index (χ2n) is 2.21. The number of nitro benzene ring substituents is 1. The van der Waals surface area contributed by atoms with Crippen LogP contribution in [0.1, 0.15) is 0 Å². The van der Waals surface area contributed by atoms with Crippen molar-refractivity contribution < 1.29 is 22.1 Å². The fraction of sp³-hybridized carbons (Fsp3) is 0.143. The molecule has 0 unspecified atom stereocenters. The molecule has 7 heteroatoms. The predicted octanol–water partition coefficient (Wildman–Crippen LogP) is -0.908. The first-order valence-electron chi connectivity index (χ1n) is 3.36. The number of ether oxygens (including phenoxy) is 1. The molecule has 0 aliphatic carbocycles. The van der Waals surface area contributed by atoms with Crippen molar-refractivity contribution in [1.82, 2.24) is 0 Å². The number of non-ortho nitro benzene ring substituents is 1. The first kappa shape index (κ1) is 12.1. The van der Waals surface area contributed by atoms with Crippen molar-refractivity contribution in [3.8, 4) is 5.75 Å². The Morgan fingerprint density at radius 1 is 1.57 bits per heavy atom. The summed E-state index contributed by atoms with van der Waals surface area (Å²) in [5.41, 5.74) is 0.0531. The second kappa shape index (κ2) is 4.99. The Bertz CT molecular complexity index is 388. The predicted molar refractivity (Wildman–Crippen MR) is 44.4 cm³/mol. The van der Waals surface area contributed by atoms with Gasteiger partial charge < -0.3 is 17.1 Å². The Labute approximate surface area is 85.7 Å². The molecule has 0 fully saturated rings. The first-order chi connectivity index (χ1) is 6.19. The molecular formula is C7H6ClN3O3. The van der Waals surface area contributed by atoms with Crippen molar-refractivity contribution in [2.24, 2.45) is 0 Å². The summed E-state index contributed by atoms with van der Waals surface area (Å²) in [6.07, 6.45) is 0. The first-order valence-corrected chi connectivity index (χ1v) is 3.36. The van der Waals surface area contributed by atoms with Crippen molar-refractivity contribution in [2.75, 3.05) is 7.11 Å². The minimum Gasteiger partial charge on any atom is -1.00 e. The molecule has 1 aromatic rings. The van der Waals surface area contributed by atoms with Gasteiger partial charge in [-0.1, -0.05) is 0 Å². The summed E-state index contributed by atoms with van der Waals surface area (Å²) in [6.45, 7) is 0. The van der Waals surface area contributed by atoms with Crippen LogP contribution in [0.25, 0.3) is 4.98 Å². The number of rotatable bonds is 2. The van der Waals surface area contributed by atoms with Gasteiger partial charge in [-0.25, -0.2) is 0 Å². The van der Waals surface area contributed by atoms with E-state index in [1.807, 2.05) is 0 Å². The number of nitro groups is 1. The number of halogens is 1. The molecule has 0 radical (unpaired) electrons. The summed E-state index contributed by atoms with van der Waals surface area (Å²) in [5, 5.41) is 18.8. The average molecular weight is 216 g/mol. The highest BCUT2D eigenvalue weighted by Gasteiger charge is 2.18. The molecule has 6 nitrogen and oxygen atoms in total. The number of hydrogen-bond donors (Lipinski definition) is 0. The molecule has 1 aromatic carbocycles. The van der Waals surface area contributed by atoms with Crippen LogP contribution in [0.5, 0.6) is 5.75 Å². The second-order valence-corrected chi connectivity index (χ2v) is 2.21. The number of hydrogen-bond acceptors (Lipinski definition) is 4. The lowest BCUT2D eigenvalue weighted by molar-refractivity contribution is -0.384. The normalized spacial score (nSPS) is 8.29. The van der Waals surface area contributed by atoms with Gasteiger partial charge in [0.1, 0.15) is 0 Å². The molecule has 14 heavy (non-hydrogen) atoms. The monoisotopic (exact) mass is 215 g/mol. The van der Waals surface area contributed by atoms with Crippen LogP contribution < -0.4 is 17.1 Å². The van der Waals surface area contributed by atoms with Gasteiger partial charge in [0.15, 0.2) is 4.98 Å². The van der Waals surface area contributed by atoms with Crippen LogP contribution >= 0.6 is 0 Å². The van der Waals surface area contributed by atoms with Gasteiger partial charge in [0.25, 0.3) is 5.69 Å².